The zero-order valence-corrected chi connectivity index (χ0v) is 10.3. The highest BCUT2D eigenvalue weighted by molar-refractivity contribution is 5.98. The van der Waals surface area contributed by atoms with Crippen LogP contribution in [0.5, 0.6) is 0 Å². The standard InChI is InChI=1S/C12H16N4O2/c1-16-9(4-5-11(16)17)12(18)13-10-6-8(14-15-10)7-2-3-7/h6-7,9H,2-5H2,1H3,(H2,13,14,15,18). The maximum atomic E-state index is 12.0. The van der Waals surface area contributed by atoms with Crippen LogP contribution < -0.4 is 5.32 Å². The van der Waals surface area contributed by atoms with Crippen LogP contribution in [0.3, 0.4) is 0 Å². The minimum Gasteiger partial charge on any atom is -0.334 e. The quantitative estimate of drug-likeness (QED) is 0.832. The zero-order valence-electron chi connectivity index (χ0n) is 10.3. The molecule has 1 aromatic rings. The highest BCUT2D eigenvalue weighted by Gasteiger charge is 2.33. The molecule has 0 spiro atoms. The summed E-state index contributed by atoms with van der Waals surface area (Å²) in [5.41, 5.74) is 1.08. The fourth-order valence-electron chi connectivity index (χ4n) is 2.32. The second kappa shape index (κ2) is 4.12. The van der Waals surface area contributed by atoms with E-state index in [2.05, 4.69) is 15.5 Å². The molecule has 6 nitrogen and oxygen atoms in total. The third kappa shape index (κ3) is 1.98. The van der Waals surface area contributed by atoms with E-state index in [1.807, 2.05) is 6.07 Å². The first-order chi connectivity index (χ1) is 8.65. The summed E-state index contributed by atoms with van der Waals surface area (Å²) in [5, 5.41) is 9.77. The van der Waals surface area contributed by atoms with Crippen LogP contribution in [-0.2, 0) is 9.59 Å². The van der Waals surface area contributed by atoms with Gasteiger partial charge >= 0.3 is 0 Å². The van der Waals surface area contributed by atoms with Crippen molar-refractivity contribution in [1.29, 1.82) is 0 Å². The molecule has 6 heteroatoms. The van der Waals surface area contributed by atoms with Crippen molar-refractivity contribution in [3.05, 3.63) is 11.8 Å². The van der Waals surface area contributed by atoms with Crippen LogP contribution in [0.25, 0.3) is 0 Å². The van der Waals surface area contributed by atoms with E-state index in [9.17, 15) is 9.59 Å². The normalized spacial score (nSPS) is 23.5. The van der Waals surface area contributed by atoms with E-state index >= 15 is 0 Å². The van der Waals surface area contributed by atoms with Crippen LogP contribution in [0.4, 0.5) is 5.82 Å². The summed E-state index contributed by atoms with van der Waals surface area (Å²) in [6.07, 6.45) is 3.41. The molecule has 18 heavy (non-hydrogen) atoms. The highest BCUT2D eigenvalue weighted by atomic mass is 16.2. The Morgan fingerprint density at radius 3 is 2.89 bits per heavy atom. The summed E-state index contributed by atoms with van der Waals surface area (Å²) < 4.78 is 0. The van der Waals surface area contributed by atoms with Gasteiger partial charge in [0.1, 0.15) is 6.04 Å². The predicted octanol–water partition coefficient (Wildman–Crippen LogP) is 0.846. The summed E-state index contributed by atoms with van der Waals surface area (Å²) in [7, 11) is 1.67. The minimum absolute atomic E-state index is 0.0239. The third-order valence-electron chi connectivity index (χ3n) is 3.66. The maximum absolute atomic E-state index is 12.0. The van der Waals surface area contributed by atoms with Gasteiger partial charge in [-0.3, -0.25) is 14.7 Å². The van der Waals surface area contributed by atoms with Gasteiger partial charge in [-0.25, -0.2) is 0 Å². The van der Waals surface area contributed by atoms with Crippen molar-refractivity contribution >= 4 is 17.6 Å². The molecule has 3 rings (SSSR count). The van der Waals surface area contributed by atoms with Crippen molar-refractivity contribution in [2.75, 3.05) is 12.4 Å². The van der Waals surface area contributed by atoms with Crippen LogP contribution in [0.1, 0.15) is 37.3 Å². The molecule has 1 aliphatic heterocycles. The van der Waals surface area contributed by atoms with Crippen molar-refractivity contribution in [2.24, 2.45) is 0 Å². The smallest absolute Gasteiger partial charge is 0.248 e. The third-order valence-corrected chi connectivity index (χ3v) is 3.66. The van der Waals surface area contributed by atoms with Crippen LogP contribution in [0, 0.1) is 0 Å². The van der Waals surface area contributed by atoms with E-state index in [0.29, 0.717) is 24.6 Å². The summed E-state index contributed by atoms with van der Waals surface area (Å²) >= 11 is 0. The number of rotatable bonds is 3. The molecule has 1 unspecified atom stereocenters. The van der Waals surface area contributed by atoms with Crippen molar-refractivity contribution < 1.29 is 9.59 Å². The van der Waals surface area contributed by atoms with Crippen LogP contribution in [-0.4, -0.2) is 40.0 Å². The predicted molar refractivity (Wildman–Crippen MR) is 65.0 cm³/mol. The Kier molecular flexibility index (Phi) is 2.57. The fraction of sp³-hybridized carbons (Fsp3) is 0.583. The lowest BCUT2D eigenvalue weighted by molar-refractivity contribution is -0.131. The molecule has 2 fully saturated rings. The first kappa shape index (κ1) is 11.3. The SMILES string of the molecule is CN1C(=O)CCC1C(=O)Nc1cc(C2CC2)[nH]n1. The summed E-state index contributed by atoms with van der Waals surface area (Å²) in [6, 6.07) is 1.52. The van der Waals surface area contributed by atoms with Gasteiger partial charge in [0, 0.05) is 31.1 Å². The number of likely N-dealkylation sites (tertiary alicyclic amines) is 1. The van der Waals surface area contributed by atoms with Crippen molar-refractivity contribution in [1.82, 2.24) is 15.1 Å². The zero-order chi connectivity index (χ0) is 12.7. The largest absolute Gasteiger partial charge is 0.334 e. The fourth-order valence-corrected chi connectivity index (χ4v) is 2.32. The second-order valence-corrected chi connectivity index (χ2v) is 5.03. The number of likely N-dealkylation sites (N-methyl/N-ethyl adjacent to an activating group) is 1. The van der Waals surface area contributed by atoms with Gasteiger partial charge in [0.25, 0.3) is 0 Å². The van der Waals surface area contributed by atoms with Gasteiger partial charge in [-0.05, 0) is 19.3 Å². The topological polar surface area (TPSA) is 78.1 Å². The maximum Gasteiger partial charge on any atom is 0.248 e. The summed E-state index contributed by atoms with van der Waals surface area (Å²) in [5.74, 6) is 1.00. The number of anilines is 1. The number of carbonyl (C=O) groups excluding carboxylic acids is 2. The van der Waals surface area contributed by atoms with E-state index < -0.39 is 0 Å². The lowest BCUT2D eigenvalue weighted by Gasteiger charge is -2.18. The van der Waals surface area contributed by atoms with E-state index in [4.69, 9.17) is 0 Å². The van der Waals surface area contributed by atoms with E-state index in [0.717, 1.165) is 5.69 Å². The molecule has 0 radical (unpaired) electrons. The van der Waals surface area contributed by atoms with Crippen molar-refractivity contribution in [3.8, 4) is 0 Å². The van der Waals surface area contributed by atoms with E-state index in [1.54, 1.807) is 7.05 Å². The molecule has 0 aromatic carbocycles. The van der Waals surface area contributed by atoms with Crippen molar-refractivity contribution in [2.45, 2.75) is 37.6 Å². The Balaban J connectivity index is 1.64. The Morgan fingerprint density at radius 2 is 2.28 bits per heavy atom. The Morgan fingerprint density at radius 1 is 1.50 bits per heavy atom. The number of amides is 2. The molecule has 2 N–H and O–H groups in total. The van der Waals surface area contributed by atoms with Crippen LogP contribution >= 0.6 is 0 Å². The van der Waals surface area contributed by atoms with Gasteiger partial charge in [-0.15, -0.1) is 0 Å². The highest BCUT2D eigenvalue weighted by Crippen LogP contribution is 2.39. The number of hydrogen-bond acceptors (Lipinski definition) is 3. The van der Waals surface area contributed by atoms with E-state index in [1.165, 1.54) is 17.7 Å². The van der Waals surface area contributed by atoms with Gasteiger partial charge in [0.15, 0.2) is 5.82 Å². The van der Waals surface area contributed by atoms with Crippen LogP contribution in [0.2, 0.25) is 0 Å². The Hall–Kier alpha value is -1.85. The molecule has 1 saturated carbocycles. The van der Waals surface area contributed by atoms with Gasteiger partial charge < -0.3 is 10.2 Å². The van der Waals surface area contributed by atoms with Gasteiger partial charge in [-0.1, -0.05) is 0 Å². The summed E-state index contributed by atoms with van der Waals surface area (Å²) in [6.45, 7) is 0. The lowest BCUT2D eigenvalue weighted by atomic mass is 10.2. The number of aromatic nitrogens is 2. The van der Waals surface area contributed by atoms with Crippen LogP contribution in [0.15, 0.2) is 6.07 Å². The Labute approximate surface area is 105 Å². The summed E-state index contributed by atoms with van der Waals surface area (Å²) in [4.78, 5) is 24.9. The first-order valence-electron chi connectivity index (χ1n) is 6.27. The molecule has 1 atom stereocenters. The number of carbonyl (C=O) groups is 2. The first-order valence-corrected chi connectivity index (χ1v) is 6.27. The average molecular weight is 248 g/mol. The molecule has 2 amide bonds. The molecule has 96 valence electrons. The lowest BCUT2D eigenvalue weighted by Crippen LogP contribution is -2.38. The monoisotopic (exact) mass is 248 g/mol. The molecule has 1 saturated heterocycles. The molecule has 1 aliphatic carbocycles. The molecule has 2 aliphatic rings. The molecule has 2 heterocycles. The molecule has 1 aromatic heterocycles. The van der Waals surface area contributed by atoms with Gasteiger partial charge in [-0.2, -0.15) is 5.10 Å². The number of hydrogen-bond donors (Lipinski definition) is 2. The number of nitrogens with one attached hydrogen (secondary N) is 2. The van der Waals surface area contributed by atoms with E-state index in [-0.39, 0.29) is 17.9 Å². The van der Waals surface area contributed by atoms with Gasteiger partial charge in [0.2, 0.25) is 11.8 Å². The number of nitrogens with zero attached hydrogens (tertiary/aromatic N) is 2. The number of aromatic amines is 1. The second-order valence-electron chi connectivity index (χ2n) is 5.03. The van der Waals surface area contributed by atoms with Gasteiger partial charge in [0.05, 0.1) is 0 Å². The molecular weight excluding hydrogens is 232 g/mol. The average Bonchev–Trinajstić information content (AvgIpc) is 3.01. The van der Waals surface area contributed by atoms with Crippen molar-refractivity contribution in [3.63, 3.8) is 0 Å². The molecular formula is C12H16N4O2. The Bertz CT molecular complexity index is 492. The number of H-pyrrole nitrogens is 1. The molecule has 0 bridgehead atoms. The minimum atomic E-state index is -0.362.